The summed E-state index contributed by atoms with van der Waals surface area (Å²) in [5.74, 6) is 0. The molecule has 0 spiro atoms. The van der Waals surface area contributed by atoms with E-state index in [4.69, 9.17) is 0 Å². The van der Waals surface area contributed by atoms with Crippen LogP contribution >= 0.6 is 8.58 Å². The Balaban J connectivity index is 2.04. The molecule has 1 heteroatoms. The van der Waals surface area contributed by atoms with Crippen molar-refractivity contribution in [2.24, 2.45) is 0 Å². The van der Waals surface area contributed by atoms with E-state index >= 15 is 0 Å². The van der Waals surface area contributed by atoms with Crippen molar-refractivity contribution in [1.29, 1.82) is 0 Å². The zero-order chi connectivity index (χ0) is 9.10. The standard InChI is InChI=1S/C12H17P/c1-10-6-2-5-9-12(10)13-11-7-3-4-8-11/h2,5-6,9,11,13H,3-4,7-8H2,1H3. The quantitative estimate of drug-likeness (QED) is 0.631. The van der Waals surface area contributed by atoms with Gasteiger partial charge in [-0.1, -0.05) is 45.7 Å². The van der Waals surface area contributed by atoms with Crippen molar-refractivity contribution < 1.29 is 0 Å². The lowest BCUT2D eigenvalue weighted by Crippen LogP contribution is -2.05. The van der Waals surface area contributed by atoms with E-state index in [1.807, 2.05) is 0 Å². The van der Waals surface area contributed by atoms with Gasteiger partial charge in [0.2, 0.25) is 0 Å². The fourth-order valence-corrected chi connectivity index (χ4v) is 3.67. The molecule has 1 atom stereocenters. The molecule has 0 N–H and O–H groups in total. The van der Waals surface area contributed by atoms with Crippen molar-refractivity contribution in [3.8, 4) is 0 Å². The summed E-state index contributed by atoms with van der Waals surface area (Å²) in [5, 5.41) is 1.59. The predicted molar refractivity (Wildman–Crippen MR) is 61.4 cm³/mol. The van der Waals surface area contributed by atoms with Crippen LogP contribution in [0.4, 0.5) is 0 Å². The van der Waals surface area contributed by atoms with Crippen LogP contribution in [-0.2, 0) is 0 Å². The maximum Gasteiger partial charge on any atom is -0.0196 e. The van der Waals surface area contributed by atoms with Crippen LogP contribution in [0.5, 0.6) is 0 Å². The largest absolute Gasteiger partial charge is 0.0869 e. The minimum Gasteiger partial charge on any atom is -0.0869 e. The van der Waals surface area contributed by atoms with Crippen LogP contribution in [0.25, 0.3) is 0 Å². The van der Waals surface area contributed by atoms with E-state index in [1.54, 1.807) is 5.30 Å². The summed E-state index contributed by atoms with van der Waals surface area (Å²) in [6, 6.07) is 8.84. The number of hydrogen-bond donors (Lipinski definition) is 0. The highest BCUT2D eigenvalue weighted by Crippen LogP contribution is 2.33. The number of hydrogen-bond acceptors (Lipinski definition) is 0. The van der Waals surface area contributed by atoms with Gasteiger partial charge in [-0.3, -0.25) is 0 Å². The molecule has 1 aliphatic rings. The first-order valence-electron chi connectivity index (χ1n) is 5.18. The van der Waals surface area contributed by atoms with E-state index in [0.29, 0.717) is 0 Å². The Bertz CT molecular complexity index is 274. The molecular formula is C12H17P. The van der Waals surface area contributed by atoms with Gasteiger partial charge in [-0.2, -0.15) is 0 Å². The van der Waals surface area contributed by atoms with Gasteiger partial charge >= 0.3 is 0 Å². The Kier molecular flexibility index (Phi) is 3.01. The van der Waals surface area contributed by atoms with Gasteiger partial charge < -0.3 is 0 Å². The number of rotatable bonds is 2. The highest BCUT2D eigenvalue weighted by Gasteiger charge is 2.15. The molecule has 13 heavy (non-hydrogen) atoms. The smallest absolute Gasteiger partial charge is 0.0196 e. The summed E-state index contributed by atoms with van der Waals surface area (Å²) in [6.45, 7) is 2.23. The van der Waals surface area contributed by atoms with E-state index in [1.165, 1.54) is 31.2 Å². The Morgan fingerprint density at radius 2 is 1.85 bits per heavy atom. The van der Waals surface area contributed by atoms with Gasteiger partial charge in [-0.05, 0) is 36.3 Å². The highest BCUT2D eigenvalue weighted by atomic mass is 31.1. The second kappa shape index (κ2) is 4.24. The van der Waals surface area contributed by atoms with Crippen LogP contribution in [0.15, 0.2) is 24.3 Å². The van der Waals surface area contributed by atoms with E-state index in [2.05, 4.69) is 31.2 Å². The van der Waals surface area contributed by atoms with Crippen LogP contribution in [0.1, 0.15) is 31.2 Å². The van der Waals surface area contributed by atoms with Crippen molar-refractivity contribution in [1.82, 2.24) is 0 Å². The predicted octanol–water partition coefficient (Wildman–Crippen LogP) is 3.24. The van der Waals surface area contributed by atoms with Crippen LogP contribution in [-0.4, -0.2) is 5.66 Å². The second-order valence-electron chi connectivity index (χ2n) is 3.94. The van der Waals surface area contributed by atoms with Crippen LogP contribution < -0.4 is 5.30 Å². The second-order valence-corrected chi connectivity index (χ2v) is 5.58. The van der Waals surface area contributed by atoms with Crippen molar-refractivity contribution in [3.05, 3.63) is 29.8 Å². The zero-order valence-corrected chi connectivity index (χ0v) is 9.22. The Morgan fingerprint density at radius 3 is 2.54 bits per heavy atom. The maximum atomic E-state index is 2.30. The topological polar surface area (TPSA) is 0 Å². The normalized spacial score (nSPS) is 18.8. The maximum absolute atomic E-state index is 2.30. The van der Waals surface area contributed by atoms with Gasteiger partial charge in [-0.25, -0.2) is 0 Å². The third-order valence-corrected chi connectivity index (χ3v) is 4.72. The van der Waals surface area contributed by atoms with Gasteiger partial charge in [0.1, 0.15) is 0 Å². The van der Waals surface area contributed by atoms with Crippen molar-refractivity contribution in [2.75, 3.05) is 0 Å². The fraction of sp³-hybridized carbons (Fsp3) is 0.500. The molecule has 1 aliphatic carbocycles. The molecule has 0 heterocycles. The average molecular weight is 192 g/mol. The van der Waals surface area contributed by atoms with Crippen LogP contribution in [0.3, 0.4) is 0 Å². The van der Waals surface area contributed by atoms with E-state index < -0.39 is 0 Å². The minimum atomic E-state index is 1.00. The minimum absolute atomic E-state index is 1.00. The SMILES string of the molecule is Cc1ccccc1PC1CCCC1. The zero-order valence-electron chi connectivity index (χ0n) is 8.22. The Hall–Kier alpha value is -0.350. The van der Waals surface area contributed by atoms with E-state index in [0.717, 1.165) is 14.2 Å². The summed E-state index contributed by atoms with van der Waals surface area (Å²) >= 11 is 0. The Labute approximate surface area is 82.5 Å². The van der Waals surface area contributed by atoms with Crippen LogP contribution in [0.2, 0.25) is 0 Å². The summed E-state index contributed by atoms with van der Waals surface area (Å²) < 4.78 is 0. The summed E-state index contributed by atoms with van der Waals surface area (Å²) in [4.78, 5) is 0. The summed E-state index contributed by atoms with van der Waals surface area (Å²) in [6.07, 6.45) is 5.85. The molecule has 0 amide bonds. The monoisotopic (exact) mass is 192 g/mol. The molecule has 1 fully saturated rings. The molecule has 1 aromatic carbocycles. The first-order valence-corrected chi connectivity index (χ1v) is 6.26. The molecule has 0 nitrogen and oxygen atoms in total. The Morgan fingerprint density at radius 1 is 1.15 bits per heavy atom. The molecular weight excluding hydrogens is 175 g/mol. The van der Waals surface area contributed by atoms with Crippen LogP contribution in [0, 0.1) is 6.92 Å². The van der Waals surface area contributed by atoms with Crippen molar-refractivity contribution in [3.63, 3.8) is 0 Å². The van der Waals surface area contributed by atoms with Gasteiger partial charge in [0, 0.05) is 0 Å². The number of aryl methyl sites for hydroxylation is 1. The first kappa shape index (κ1) is 9.21. The molecule has 70 valence electrons. The lowest BCUT2D eigenvalue weighted by atomic mass is 10.2. The van der Waals surface area contributed by atoms with E-state index in [-0.39, 0.29) is 0 Å². The molecule has 2 rings (SSSR count). The molecule has 0 bridgehead atoms. The van der Waals surface area contributed by atoms with Gasteiger partial charge in [0.05, 0.1) is 0 Å². The lowest BCUT2D eigenvalue weighted by molar-refractivity contribution is 0.886. The van der Waals surface area contributed by atoms with E-state index in [9.17, 15) is 0 Å². The number of benzene rings is 1. The molecule has 0 radical (unpaired) electrons. The van der Waals surface area contributed by atoms with Gasteiger partial charge in [-0.15, -0.1) is 0 Å². The fourth-order valence-electron chi connectivity index (χ4n) is 2.02. The third kappa shape index (κ3) is 2.31. The molecule has 1 aromatic rings. The van der Waals surface area contributed by atoms with Gasteiger partial charge in [0.15, 0.2) is 0 Å². The average Bonchev–Trinajstić information content (AvgIpc) is 2.61. The van der Waals surface area contributed by atoms with Crippen molar-refractivity contribution >= 4 is 13.9 Å². The third-order valence-electron chi connectivity index (χ3n) is 2.86. The molecule has 0 saturated heterocycles. The molecule has 1 unspecified atom stereocenters. The lowest BCUT2D eigenvalue weighted by Gasteiger charge is -2.11. The summed E-state index contributed by atoms with van der Waals surface area (Å²) in [5.41, 5.74) is 2.48. The highest BCUT2D eigenvalue weighted by molar-refractivity contribution is 7.48. The van der Waals surface area contributed by atoms with Crippen molar-refractivity contribution in [2.45, 2.75) is 38.3 Å². The molecule has 0 aliphatic heterocycles. The summed E-state index contributed by atoms with van der Waals surface area (Å²) in [7, 11) is 1.06. The first-order chi connectivity index (χ1) is 6.36. The molecule has 1 saturated carbocycles. The molecule has 0 aromatic heterocycles. The van der Waals surface area contributed by atoms with Gasteiger partial charge in [0.25, 0.3) is 0 Å².